The summed E-state index contributed by atoms with van der Waals surface area (Å²) in [7, 11) is 0. The Morgan fingerprint density at radius 3 is 2.54 bits per heavy atom. The molecule has 0 spiro atoms. The molecule has 0 aliphatic carbocycles. The number of carbonyl (C=O) groups is 2. The first-order chi connectivity index (χ1) is 12.3. The zero-order valence-corrected chi connectivity index (χ0v) is 16.0. The van der Waals surface area contributed by atoms with Gasteiger partial charge in [0.15, 0.2) is 0 Å². The molecule has 1 fully saturated rings. The molecule has 0 saturated carbocycles. The molecule has 1 heterocycles. The average Bonchev–Trinajstić information content (AvgIpc) is 2.61. The third-order valence-corrected chi connectivity index (χ3v) is 5.64. The highest BCUT2D eigenvalue weighted by Gasteiger charge is 2.27. The molecule has 1 saturated heterocycles. The largest absolute Gasteiger partial charge is 0.369 e. The second-order valence-electron chi connectivity index (χ2n) is 6.94. The van der Waals surface area contributed by atoms with Crippen molar-refractivity contribution in [1.29, 1.82) is 0 Å². The second kappa shape index (κ2) is 9.02. The number of nitrogens with zero attached hydrogens (tertiary/aromatic N) is 2. The van der Waals surface area contributed by atoms with Crippen LogP contribution in [0.15, 0.2) is 23.1 Å². The first-order valence-corrected chi connectivity index (χ1v) is 9.78. The fourth-order valence-electron chi connectivity index (χ4n) is 2.87. The van der Waals surface area contributed by atoms with Gasteiger partial charge >= 0.3 is 0 Å². The van der Waals surface area contributed by atoms with Gasteiger partial charge in [-0.2, -0.15) is 0 Å². The lowest BCUT2D eigenvalue weighted by Gasteiger charge is -2.30. The van der Waals surface area contributed by atoms with E-state index in [1.54, 1.807) is 17.0 Å². The van der Waals surface area contributed by atoms with Gasteiger partial charge in [-0.15, -0.1) is 11.8 Å². The number of amides is 2. The monoisotopic (exact) mass is 379 g/mol. The molecule has 1 aliphatic heterocycles. The number of hydrogen-bond acceptors (Lipinski definition) is 5. The van der Waals surface area contributed by atoms with Crippen LogP contribution in [0.5, 0.6) is 0 Å². The number of primary amides is 1. The third kappa shape index (κ3) is 5.20. The summed E-state index contributed by atoms with van der Waals surface area (Å²) >= 11 is 1.45. The minimum absolute atomic E-state index is 0.0309. The smallest absolute Gasteiger partial charge is 0.283 e. The Morgan fingerprint density at radius 1 is 1.35 bits per heavy atom. The molecule has 0 unspecified atom stereocenters. The highest BCUT2D eigenvalue weighted by molar-refractivity contribution is 7.99. The number of thioether (sulfide) groups is 1. The van der Waals surface area contributed by atoms with E-state index in [2.05, 4.69) is 13.8 Å². The summed E-state index contributed by atoms with van der Waals surface area (Å²) in [6, 6.07) is 4.67. The Balaban J connectivity index is 2.09. The normalized spacial score (nSPS) is 15.3. The molecule has 0 atom stereocenters. The summed E-state index contributed by atoms with van der Waals surface area (Å²) in [5.74, 6) is 0.552. The van der Waals surface area contributed by atoms with Crippen LogP contribution in [-0.4, -0.2) is 40.5 Å². The van der Waals surface area contributed by atoms with Crippen LogP contribution in [0.25, 0.3) is 0 Å². The molecule has 8 heteroatoms. The minimum atomic E-state index is -0.437. The summed E-state index contributed by atoms with van der Waals surface area (Å²) in [5.41, 5.74) is 5.59. The molecule has 1 aromatic carbocycles. The SMILES string of the molecule is CC(C)CCSc1ccc(C(=O)N2CCC(C(N)=O)CC2)cc1[N+](=O)[O-]. The molecule has 2 N–H and O–H groups in total. The van der Waals surface area contributed by atoms with E-state index >= 15 is 0 Å². The number of nitro benzene ring substituents is 1. The van der Waals surface area contributed by atoms with Crippen molar-refractivity contribution in [2.75, 3.05) is 18.8 Å². The van der Waals surface area contributed by atoms with Crippen LogP contribution in [0.1, 0.15) is 43.5 Å². The number of rotatable bonds is 7. The molecule has 0 aromatic heterocycles. The molecule has 0 bridgehead atoms. The number of likely N-dealkylation sites (tertiary alicyclic amines) is 1. The lowest BCUT2D eigenvalue weighted by Crippen LogP contribution is -2.41. The highest BCUT2D eigenvalue weighted by atomic mass is 32.2. The van der Waals surface area contributed by atoms with Crippen LogP contribution < -0.4 is 5.73 Å². The Hall–Kier alpha value is -2.09. The number of nitrogens with two attached hydrogens (primary N) is 1. The average molecular weight is 379 g/mol. The maximum absolute atomic E-state index is 12.6. The third-order valence-electron chi connectivity index (χ3n) is 4.54. The summed E-state index contributed by atoms with van der Waals surface area (Å²) in [6.45, 7) is 5.09. The van der Waals surface area contributed by atoms with Gasteiger partial charge < -0.3 is 10.6 Å². The standard InChI is InChI=1S/C18H25N3O4S/c1-12(2)7-10-26-16-4-3-14(11-15(16)21(24)25)18(23)20-8-5-13(6-9-20)17(19)22/h3-4,11-13H,5-10H2,1-2H3,(H2,19,22). The van der Waals surface area contributed by atoms with Gasteiger partial charge in [0.25, 0.3) is 11.6 Å². The van der Waals surface area contributed by atoms with Gasteiger partial charge in [-0.05, 0) is 43.1 Å². The maximum atomic E-state index is 12.6. The van der Waals surface area contributed by atoms with Gasteiger partial charge in [-0.3, -0.25) is 19.7 Å². The van der Waals surface area contributed by atoms with Gasteiger partial charge in [-0.1, -0.05) is 13.8 Å². The first-order valence-electron chi connectivity index (χ1n) is 8.79. The molecule has 0 radical (unpaired) electrons. The predicted molar refractivity (Wildman–Crippen MR) is 101 cm³/mol. The number of carbonyl (C=O) groups excluding carboxylic acids is 2. The van der Waals surface area contributed by atoms with E-state index in [0.717, 1.165) is 12.2 Å². The van der Waals surface area contributed by atoms with E-state index in [1.807, 2.05) is 0 Å². The van der Waals surface area contributed by atoms with Gasteiger partial charge in [0.1, 0.15) is 0 Å². The topological polar surface area (TPSA) is 107 Å². The summed E-state index contributed by atoms with van der Waals surface area (Å²) < 4.78 is 0. The van der Waals surface area contributed by atoms with E-state index in [0.29, 0.717) is 42.3 Å². The molecule has 26 heavy (non-hydrogen) atoms. The number of nitro groups is 1. The number of piperidine rings is 1. The zero-order valence-electron chi connectivity index (χ0n) is 15.1. The minimum Gasteiger partial charge on any atom is -0.369 e. The van der Waals surface area contributed by atoms with Crippen LogP contribution in [0.3, 0.4) is 0 Å². The Labute approximate surface area is 157 Å². The molecule has 2 rings (SSSR count). The van der Waals surface area contributed by atoms with E-state index in [9.17, 15) is 19.7 Å². The first kappa shape index (κ1) is 20.2. The van der Waals surface area contributed by atoms with Crippen molar-refractivity contribution in [2.45, 2.75) is 38.0 Å². The molecule has 7 nitrogen and oxygen atoms in total. The van der Waals surface area contributed by atoms with E-state index in [4.69, 9.17) is 5.73 Å². The molecular formula is C18H25N3O4S. The van der Waals surface area contributed by atoms with Crippen molar-refractivity contribution in [3.05, 3.63) is 33.9 Å². The molecular weight excluding hydrogens is 354 g/mol. The van der Waals surface area contributed by atoms with E-state index < -0.39 is 4.92 Å². The van der Waals surface area contributed by atoms with Gasteiger partial charge in [0.2, 0.25) is 5.91 Å². The van der Waals surface area contributed by atoms with Gasteiger partial charge in [-0.25, -0.2) is 0 Å². The Kier molecular flexibility index (Phi) is 7.02. The number of hydrogen-bond donors (Lipinski definition) is 1. The van der Waals surface area contributed by atoms with Gasteiger partial charge in [0.05, 0.1) is 9.82 Å². The maximum Gasteiger partial charge on any atom is 0.283 e. The van der Waals surface area contributed by atoms with Crippen molar-refractivity contribution in [3.63, 3.8) is 0 Å². The van der Waals surface area contributed by atoms with E-state index in [1.165, 1.54) is 17.8 Å². The van der Waals surface area contributed by atoms with Crippen molar-refractivity contribution >= 4 is 29.3 Å². The molecule has 142 valence electrons. The fourth-order valence-corrected chi connectivity index (χ4v) is 4.12. The van der Waals surface area contributed by atoms with Crippen molar-refractivity contribution < 1.29 is 14.5 Å². The second-order valence-corrected chi connectivity index (χ2v) is 8.08. The molecule has 2 amide bonds. The highest BCUT2D eigenvalue weighted by Crippen LogP contribution is 2.32. The summed E-state index contributed by atoms with van der Waals surface area (Å²) in [4.78, 5) is 37.1. The number of benzene rings is 1. The molecule has 1 aromatic rings. The van der Waals surface area contributed by atoms with Crippen molar-refractivity contribution in [3.8, 4) is 0 Å². The van der Waals surface area contributed by atoms with Crippen molar-refractivity contribution in [2.24, 2.45) is 17.6 Å². The Morgan fingerprint density at radius 2 is 2.00 bits per heavy atom. The fraction of sp³-hybridized carbons (Fsp3) is 0.556. The quantitative estimate of drug-likeness (QED) is 0.445. The lowest BCUT2D eigenvalue weighted by atomic mass is 9.96. The van der Waals surface area contributed by atoms with Crippen LogP contribution in [0, 0.1) is 22.0 Å². The van der Waals surface area contributed by atoms with E-state index in [-0.39, 0.29) is 23.4 Å². The van der Waals surface area contributed by atoms with Crippen LogP contribution in [0.4, 0.5) is 5.69 Å². The lowest BCUT2D eigenvalue weighted by molar-refractivity contribution is -0.387. The zero-order chi connectivity index (χ0) is 19.3. The van der Waals surface area contributed by atoms with Crippen LogP contribution in [-0.2, 0) is 4.79 Å². The summed E-state index contributed by atoms with van der Waals surface area (Å²) in [5, 5.41) is 11.4. The van der Waals surface area contributed by atoms with Crippen LogP contribution in [0.2, 0.25) is 0 Å². The molecule has 1 aliphatic rings. The predicted octanol–water partition coefficient (Wildman–Crippen LogP) is 3.07. The van der Waals surface area contributed by atoms with Gasteiger partial charge in [0, 0.05) is 30.6 Å². The van der Waals surface area contributed by atoms with Crippen molar-refractivity contribution in [1.82, 2.24) is 4.90 Å². The summed E-state index contributed by atoms with van der Waals surface area (Å²) in [6.07, 6.45) is 2.04. The van der Waals surface area contributed by atoms with Crippen LogP contribution >= 0.6 is 11.8 Å². The Bertz CT molecular complexity index is 685.